The van der Waals surface area contributed by atoms with E-state index in [4.69, 9.17) is 5.11 Å². The smallest absolute Gasteiger partial charge is 0.225 e. The van der Waals surface area contributed by atoms with E-state index in [1.807, 2.05) is 11.9 Å². The number of hydrogen-bond acceptors (Lipinski definition) is 2. The Labute approximate surface area is 111 Å². The van der Waals surface area contributed by atoms with Gasteiger partial charge >= 0.3 is 0 Å². The molecular weight excluding hydrogens is 226 g/mol. The standard InChI is InChI=1S/C15H27NO2/c1-16(11-13-3-2-4-13)15(18)14-7-5-12(6-8-14)9-10-17/h12-14,17H,2-11H2,1H3. The van der Waals surface area contributed by atoms with Gasteiger partial charge in [0.1, 0.15) is 0 Å². The van der Waals surface area contributed by atoms with Gasteiger partial charge in [-0.25, -0.2) is 0 Å². The van der Waals surface area contributed by atoms with Gasteiger partial charge in [-0.2, -0.15) is 0 Å². The first-order chi connectivity index (χ1) is 8.70. The van der Waals surface area contributed by atoms with Gasteiger partial charge in [0.2, 0.25) is 5.91 Å². The van der Waals surface area contributed by atoms with Crippen molar-refractivity contribution in [2.24, 2.45) is 17.8 Å². The van der Waals surface area contributed by atoms with E-state index in [9.17, 15) is 4.79 Å². The van der Waals surface area contributed by atoms with E-state index in [2.05, 4.69) is 0 Å². The zero-order valence-electron chi connectivity index (χ0n) is 11.6. The highest BCUT2D eigenvalue weighted by molar-refractivity contribution is 5.78. The second-order valence-corrected chi connectivity index (χ2v) is 6.25. The molecule has 0 aliphatic heterocycles. The molecule has 0 aromatic heterocycles. The fraction of sp³-hybridized carbons (Fsp3) is 0.933. The number of aliphatic hydroxyl groups is 1. The fourth-order valence-electron chi connectivity index (χ4n) is 3.34. The Bertz CT molecular complexity index is 268. The summed E-state index contributed by atoms with van der Waals surface area (Å²) in [6.07, 6.45) is 9.17. The van der Waals surface area contributed by atoms with Crippen LogP contribution in [0.25, 0.3) is 0 Å². The predicted molar refractivity (Wildman–Crippen MR) is 72.1 cm³/mol. The van der Waals surface area contributed by atoms with Gasteiger partial charge in [-0.1, -0.05) is 6.42 Å². The maximum absolute atomic E-state index is 12.3. The Morgan fingerprint density at radius 1 is 1.11 bits per heavy atom. The third-order valence-electron chi connectivity index (χ3n) is 4.87. The summed E-state index contributed by atoms with van der Waals surface area (Å²) < 4.78 is 0. The van der Waals surface area contributed by atoms with E-state index >= 15 is 0 Å². The van der Waals surface area contributed by atoms with Crippen LogP contribution in [0.3, 0.4) is 0 Å². The molecule has 0 bridgehead atoms. The molecule has 2 aliphatic carbocycles. The van der Waals surface area contributed by atoms with Gasteiger partial charge in [-0.3, -0.25) is 4.79 Å². The average Bonchev–Trinajstić information content (AvgIpc) is 2.34. The van der Waals surface area contributed by atoms with E-state index in [0.717, 1.165) is 44.6 Å². The summed E-state index contributed by atoms with van der Waals surface area (Å²) in [6.45, 7) is 1.26. The number of carbonyl (C=O) groups excluding carboxylic acids is 1. The zero-order chi connectivity index (χ0) is 13.0. The predicted octanol–water partition coefficient (Wildman–Crippen LogP) is 2.43. The summed E-state index contributed by atoms with van der Waals surface area (Å²) in [5.74, 6) is 2.04. The van der Waals surface area contributed by atoms with Crippen molar-refractivity contribution >= 4 is 5.91 Å². The third-order valence-corrected chi connectivity index (χ3v) is 4.87. The largest absolute Gasteiger partial charge is 0.396 e. The molecule has 0 atom stereocenters. The Morgan fingerprint density at radius 2 is 1.78 bits per heavy atom. The van der Waals surface area contributed by atoms with Gasteiger partial charge in [0.15, 0.2) is 0 Å². The van der Waals surface area contributed by atoms with Crippen LogP contribution in [0.5, 0.6) is 0 Å². The van der Waals surface area contributed by atoms with Crippen molar-refractivity contribution in [2.75, 3.05) is 20.2 Å². The molecule has 0 saturated heterocycles. The number of rotatable bonds is 5. The van der Waals surface area contributed by atoms with Gasteiger partial charge in [-0.15, -0.1) is 0 Å². The molecule has 0 spiro atoms. The Hall–Kier alpha value is -0.570. The van der Waals surface area contributed by atoms with E-state index < -0.39 is 0 Å². The quantitative estimate of drug-likeness (QED) is 0.817. The maximum atomic E-state index is 12.3. The summed E-state index contributed by atoms with van der Waals surface area (Å²) in [4.78, 5) is 14.3. The van der Waals surface area contributed by atoms with Crippen molar-refractivity contribution in [3.63, 3.8) is 0 Å². The molecule has 2 saturated carbocycles. The van der Waals surface area contributed by atoms with Crippen LogP contribution in [0.1, 0.15) is 51.4 Å². The summed E-state index contributed by atoms with van der Waals surface area (Å²) in [5, 5.41) is 8.94. The lowest BCUT2D eigenvalue weighted by molar-refractivity contribution is -0.136. The molecule has 2 aliphatic rings. The lowest BCUT2D eigenvalue weighted by Gasteiger charge is -2.34. The minimum Gasteiger partial charge on any atom is -0.396 e. The molecule has 2 fully saturated rings. The van der Waals surface area contributed by atoms with Crippen LogP contribution in [0.4, 0.5) is 0 Å². The minimum absolute atomic E-state index is 0.255. The molecule has 0 heterocycles. The second kappa shape index (κ2) is 6.55. The Kier molecular flexibility index (Phi) is 5.04. The Balaban J connectivity index is 1.72. The normalized spacial score (nSPS) is 28.8. The third kappa shape index (κ3) is 3.47. The highest BCUT2D eigenvalue weighted by atomic mass is 16.3. The van der Waals surface area contributed by atoms with Gasteiger partial charge in [0, 0.05) is 26.1 Å². The summed E-state index contributed by atoms with van der Waals surface area (Å²) in [7, 11) is 1.97. The summed E-state index contributed by atoms with van der Waals surface area (Å²) in [6, 6.07) is 0. The molecule has 18 heavy (non-hydrogen) atoms. The van der Waals surface area contributed by atoms with Gasteiger partial charge in [-0.05, 0) is 56.8 Å². The SMILES string of the molecule is CN(CC1CCC1)C(=O)C1CCC(CCO)CC1. The minimum atomic E-state index is 0.255. The van der Waals surface area contributed by atoms with Gasteiger partial charge < -0.3 is 10.0 Å². The van der Waals surface area contributed by atoms with Crippen molar-refractivity contribution in [1.82, 2.24) is 4.90 Å². The van der Waals surface area contributed by atoms with Crippen molar-refractivity contribution in [2.45, 2.75) is 51.4 Å². The molecular formula is C15H27NO2. The molecule has 3 heteroatoms. The van der Waals surface area contributed by atoms with E-state index in [1.54, 1.807) is 0 Å². The van der Waals surface area contributed by atoms with Crippen LogP contribution in [0.2, 0.25) is 0 Å². The molecule has 104 valence electrons. The maximum Gasteiger partial charge on any atom is 0.225 e. The van der Waals surface area contributed by atoms with Crippen LogP contribution < -0.4 is 0 Å². The zero-order valence-corrected chi connectivity index (χ0v) is 11.6. The van der Waals surface area contributed by atoms with Crippen molar-refractivity contribution in [1.29, 1.82) is 0 Å². The first-order valence-electron chi connectivity index (χ1n) is 7.56. The highest BCUT2D eigenvalue weighted by Crippen LogP contribution is 2.32. The lowest BCUT2D eigenvalue weighted by Crippen LogP contribution is -2.39. The first-order valence-corrected chi connectivity index (χ1v) is 7.56. The number of nitrogens with zero attached hydrogens (tertiary/aromatic N) is 1. The summed E-state index contributed by atoms with van der Waals surface area (Å²) in [5.41, 5.74) is 0. The van der Waals surface area contributed by atoms with Crippen LogP contribution in [0.15, 0.2) is 0 Å². The Morgan fingerprint density at radius 3 is 2.28 bits per heavy atom. The van der Waals surface area contributed by atoms with Gasteiger partial charge in [0.25, 0.3) is 0 Å². The molecule has 0 radical (unpaired) electrons. The lowest BCUT2D eigenvalue weighted by atomic mass is 9.79. The number of aliphatic hydroxyl groups excluding tert-OH is 1. The molecule has 0 aromatic rings. The summed E-state index contributed by atoms with van der Waals surface area (Å²) >= 11 is 0. The fourth-order valence-corrected chi connectivity index (χ4v) is 3.34. The molecule has 3 nitrogen and oxygen atoms in total. The second-order valence-electron chi connectivity index (χ2n) is 6.25. The molecule has 0 unspecified atom stereocenters. The van der Waals surface area contributed by atoms with Crippen LogP contribution in [-0.4, -0.2) is 36.1 Å². The highest BCUT2D eigenvalue weighted by Gasteiger charge is 2.29. The average molecular weight is 253 g/mol. The molecule has 1 amide bonds. The van der Waals surface area contributed by atoms with Crippen molar-refractivity contribution in [3.8, 4) is 0 Å². The molecule has 1 N–H and O–H groups in total. The molecule has 2 rings (SSSR count). The van der Waals surface area contributed by atoms with E-state index in [-0.39, 0.29) is 5.92 Å². The van der Waals surface area contributed by atoms with Crippen molar-refractivity contribution in [3.05, 3.63) is 0 Å². The first kappa shape index (κ1) is 13.9. The van der Waals surface area contributed by atoms with Crippen LogP contribution >= 0.6 is 0 Å². The van der Waals surface area contributed by atoms with Crippen molar-refractivity contribution < 1.29 is 9.90 Å². The van der Waals surface area contributed by atoms with E-state index in [1.165, 1.54) is 19.3 Å². The topological polar surface area (TPSA) is 40.5 Å². The number of carbonyl (C=O) groups is 1. The van der Waals surface area contributed by atoms with Gasteiger partial charge in [0.05, 0.1) is 0 Å². The molecule has 0 aromatic carbocycles. The van der Waals surface area contributed by atoms with Crippen LogP contribution in [-0.2, 0) is 4.79 Å². The van der Waals surface area contributed by atoms with E-state index in [0.29, 0.717) is 18.4 Å². The monoisotopic (exact) mass is 253 g/mol. The van der Waals surface area contributed by atoms with Crippen LogP contribution in [0, 0.1) is 17.8 Å². The number of hydrogen-bond donors (Lipinski definition) is 1. The number of amides is 1.